The van der Waals surface area contributed by atoms with E-state index in [4.69, 9.17) is 18.9 Å². The molecule has 2 aromatic carbocycles. The molecule has 0 unspecified atom stereocenters. The van der Waals surface area contributed by atoms with Gasteiger partial charge in [0.1, 0.15) is 12.2 Å². The summed E-state index contributed by atoms with van der Waals surface area (Å²) in [4.78, 5) is 25.1. The standard InChI is InChI=1S/C22H23BrO8/c23-11-12-28-22-19(31-21(27)15-9-5-2-6-10-15)17(25)18(16(13-24)29-22)30-20(26)14-7-3-1-4-8-14/h1-10,16-19,22,24-25H,11-13H2/t16-,17+,18+,19-,22-/m1/s1. The highest BCUT2D eigenvalue weighted by Crippen LogP contribution is 2.28. The number of ether oxygens (including phenoxy) is 4. The Hall–Kier alpha value is -2.30. The van der Waals surface area contributed by atoms with E-state index >= 15 is 0 Å². The molecular formula is C22H23BrO8. The van der Waals surface area contributed by atoms with Gasteiger partial charge in [0.15, 0.2) is 18.5 Å². The predicted octanol–water partition coefficient (Wildman–Crippen LogP) is 1.93. The summed E-state index contributed by atoms with van der Waals surface area (Å²) in [5.41, 5.74) is 0.540. The Morgan fingerprint density at radius 2 is 1.42 bits per heavy atom. The van der Waals surface area contributed by atoms with Crippen LogP contribution in [0, 0.1) is 0 Å². The maximum atomic E-state index is 12.6. The molecule has 0 radical (unpaired) electrons. The van der Waals surface area contributed by atoms with E-state index < -0.39 is 49.3 Å². The lowest BCUT2D eigenvalue weighted by molar-refractivity contribution is -0.298. The lowest BCUT2D eigenvalue weighted by Gasteiger charge is -2.42. The van der Waals surface area contributed by atoms with Crippen molar-refractivity contribution in [2.24, 2.45) is 0 Å². The molecule has 1 saturated heterocycles. The first-order chi connectivity index (χ1) is 15.0. The molecule has 0 aromatic heterocycles. The van der Waals surface area contributed by atoms with Crippen LogP contribution in [-0.2, 0) is 18.9 Å². The second-order valence-electron chi connectivity index (χ2n) is 6.75. The van der Waals surface area contributed by atoms with Crippen LogP contribution in [0.25, 0.3) is 0 Å². The highest BCUT2D eigenvalue weighted by Gasteiger charge is 2.50. The number of benzene rings is 2. The van der Waals surface area contributed by atoms with Crippen LogP contribution in [0.2, 0.25) is 0 Å². The minimum absolute atomic E-state index is 0.198. The van der Waals surface area contributed by atoms with Crippen LogP contribution in [0.4, 0.5) is 0 Å². The van der Waals surface area contributed by atoms with Gasteiger partial charge in [-0.1, -0.05) is 52.3 Å². The van der Waals surface area contributed by atoms with E-state index in [0.29, 0.717) is 5.33 Å². The summed E-state index contributed by atoms with van der Waals surface area (Å²) in [6.45, 7) is -0.347. The van der Waals surface area contributed by atoms with Crippen molar-refractivity contribution >= 4 is 27.9 Å². The topological polar surface area (TPSA) is 112 Å². The molecule has 5 atom stereocenters. The van der Waals surface area contributed by atoms with E-state index in [2.05, 4.69) is 15.9 Å². The number of hydrogen-bond acceptors (Lipinski definition) is 8. The number of rotatable bonds is 8. The Labute approximate surface area is 187 Å². The second kappa shape index (κ2) is 11.4. The number of carbonyl (C=O) groups is 2. The van der Waals surface area contributed by atoms with Crippen LogP contribution >= 0.6 is 15.9 Å². The number of aliphatic hydroxyl groups is 2. The molecule has 2 N–H and O–H groups in total. The fourth-order valence-electron chi connectivity index (χ4n) is 3.14. The Morgan fingerprint density at radius 3 is 1.90 bits per heavy atom. The molecule has 9 heteroatoms. The fourth-order valence-corrected chi connectivity index (χ4v) is 3.33. The summed E-state index contributed by atoms with van der Waals surface area (Å²) in [6.07, 6.45) is -6.30. The summed E-state index contributed by atoms with van der Waals surface area (Å²) in [6, 6.07) is 16.4. The van der Waals surface area contributed by atoms with Crippen LogP contribution in [0.15, 0.2) is 60.7 Å². The van der Waals surface area contributed by atoms with Crippen LogP contribution in [0.5, 0.6) is 0 Å². The van der Waals surface area contributed by atoms with Gasteiger partial charge >= 0.3 is 11.9 Å². The van der Waals surface area contributed by atoms with Crippen LogP contribution in [0.3, 0.4) is 0 Å². The first-order valence-corrected chi connectivity index (χ1v) is 10.8. The van der Waals surface area contributed by atoms with Gasteiger partial charge in [0.2, 0.25) is 0 Å². The van der Waals surface area contributed by atoms with Crippen molar-refractivity contribution in [3.05, 3.63) is 71.8 Å². The molecular weight excluding hydrogens is 472 g/mol. The van der Waals surface area contributed by atoms with Gasteiger partial charge in [-0.25, -0.2) is 9.59 Å². The van der Waals surface area contributed by atoms with Gasteiger partial charge < -0.3 is 29.2 Å². The van der Waals surface area contributed by atoms with Crippen LogP contribution < -0.4 is 0 Å². The van der Waals surface area contributed by atoms with Gasteiger partial charge in [-0.05, 0) is 24.3 Å². The number of halogens is 1. The minimum atomic E-state index is -1.49. The smallest absolute Gasteiger partial charge is 0.338 e. The van der Waals surface area contributed by atoms with Gasteiger partial charge in [0.05, 0.1) is 24.3 Å². The number of aliphatic hydroxyl groups excluding tert-OH is 2. The maximum absolute atomic E-state index is 12.6. The third-order valence-electron chi connectivity index (χ3n) is 4.66. The molecule has 2 aromatic rings. The van der Waals surface area contributed by atoms with Crippen molar-refractivity contribution in [3.8, 4) is 0 Å². The molecule has 8 nitrogen and oxygen atoms in total. The highest BCUT2D eigenvalue weighted by molar-refractivity contribution is 9.09. The molecule has 1 aliphatic heterocycles. The molecule has 0 spiro atoms. The normalized spacial score (nSPS) is 25.6. The average Bonchev–Trinajstić information content (AvgIpc) is 2.81. The zero-order valence-electron chi connectivity index (χ0n) is 16.5. The van der Waals surface area contributed by atoms with Gasteiger partial charge in [0, 0.05) is 5.33 Å². The lowest BCUT2D eigenvalue weighted by atomic mass is 9.98. The van der Waals surface area contributed by atoms with E-state index in [1.807, 2.05) is 0 Å². The number of esters is 2. The third-order valence-corrected chi connectivity index (χ3v) is 4.98. The molecule has 0 amide bonds. The molecule has 1 heterocycles. The van der Waals surface area contributed by atoms with Crippen LogP contribution in [0.1, 0.15) is 20.7 Å². The zero-order valence-corrected chi connectivity index (χ0v) is 18.1. The maximum Gasteiger partial charge on any atom is 0.338 e. The van der Waals surface area contributed by atoms with Crippen molar-refractivity contribution in [3.63, 3.8) is 0 Å². The monoisotopic (exact) mass is 494 g/mol. The zero-order chi connectivity index (χ0) is 22.2. The van der Waals surface area contributed by atoms with Crippen molar-refractivity contribution < 1.29 is 38.7 Å². The van der Waals surface area contributed by atoms with E-state index in [9.17, 15) is 19.8 Å². The van der Waals surface area contributed by atoms with Crippen LogP contribution in [-0.4, -0.2) is 71.4 Å². The van der Waals surface area contributed by atoms with E-state index in [1.165, 1.54) is 0 Å². The van der Waals surface area contributed by atoms with Gasteiger partial charge in [-0.2, -0.15) is 0 Å². The third kappa shape index (κ3) is 5.90. The Bertz CT molecular complexity index is 847. The van der Waals surface area contributed by atoms with Gasteiger partial charge in [-0.3, -0.25) is 0 Å². The SMILES string of the molecule is O=C(O[C@@H]1[C@H](O)[C@@H](OC(=O)c2ccccc2)[C@H](OCCBr)O[C@@H]1CO)c1ccccc1. The molecule has 1 fully saturated rings. The van der Waals surface area contributed by atoms with Gasteiger partial charge in [-0.15, -0.1) is 0 Å². The number of carbonyl (C=O) groups excluding carboxylic acids is 2. The first kappa shape index (κ1) is 23.4. The summed E-state index contributed by atoms with van der Waals surface area (Å²) in [5.74, 6) is -1.41. The quantitative estimate of drug-likeness (QED) is 0.422. The Morgan fingerprint density at radius 1 is 0.903 bits per heavy atom. The summed E-state index contributed by atoms with van der Waals surface area (Å²) in [5, 5.41) is 21.2. The molecule has 166 valence electrons. The molecule has 31 heavy (non-hydrogen) atoms. The molecule has 0 saturated carbocycles. The highest BCUT2D eigenvalue weighted by atomic mass is 79.9. The number of alkyl halides is 1. The summed E-state index contributed by atoms with van der Waals surface area (Å²) in [7, 11) is 0. The van der Waals surface area contributed by atoms with Crippen molar-refractivity contribution in [2.75, 3.05) is 18.5 Å². The minimum Gasteiger partial charge on any atom is -0.453 e. The molecule has 0 aliphatic carbocycles. The van der Waals surface area contributed by atoms with Gasteiger partial charge in [0.25, 0.3) is 0 Å². The lowest BCUT2D eigenvalue weighted by Crippen LogP contribution is -2.61. The largest absolute Gasteiger partial charge is 0.453 e. The van der Waals surface area contributed by atoms with Crippen molar-refractivity contribution in [1.29, 1.82) is 0 Å². The Balaban J connectivity index is 1.81. The van der Waals surface area contributed by atoms with Crippen molar-refractivity contribution in [2.45, 2.75) is 30.7 Å². The predicted molar refractivity (Wildman–Crippen MR) is 113 cm³/mol. The first-order valence-electron chi connectivity index (χ1n) is 9.69. The van der Waals surface area contributed by atoms with E-state index in [0.717, 1.165) is 0 Å². The molecule has 3 rings (SSSR count). The summed E-state index contributed by atoms with van der Waals surface area (Å²) >= 11 is 3.23. The van der Waals surface area contributed by atoms with Crippen molar-refractivity contribution in [1.82, 2.24) is 0 Å². The van der Waals surface area contributed by atoms with E-state index in [-0.39, 0.29) is 17.7 Å². The summed E-state index contributed by atoms with van der Waals surface area (Å²) < 4.78 is 22.2. The molecule has 1 aliphatic rings. The fraction of sp³-hybridized carbons (Fsp3) is 0.364. The Kier molecular flexibility index (Phi) is 8.56. The average molecular weight is 495 g/mol. The number of hydrogen-bond donors (Lipinski definition) is 2. The second-order valence-corrected chi connectivity index (χ2v) is 7.54. The van der Waals surface area contributed by atoms with E-state index in [1.54, 1.807) is 60.7 Å². The molecule has 0 bridgehead atoms.